The second kappa shape index (κ2) is 6.05. The first-order chi connectivity index (χ1) is 8.66. The van der Waals surface area contributed by atoms with Crippen LogP contribution in [0.1, 0.15) is 36.0 Å². The Labute approximate surface area is 111 Å². The Balaban J connectivity index is 1.89. The average molecular weight is 269 g/mol. The molecule has 2 atom stereocenters. The molecule has 1 aliphatic carbocycles. The molecule has 0 saturated heterocycles. The number of amides is 1. The lowest BCUT2D eigenvalue weighted by atomic mass is 9.89. The van der Waals surface area contributed by atoms with Crippen molar-refractivity contribution in [3.05, 3.63) is 34.2 Å². The third-order valence-electron chi connectivity index (χ3n) is 3.34. The van der Waals surface area contributed by atoms with E-state index in [4.69, 9.17) is 11.6 Å². The zero-order chi connectivity index (χ0) is 13.0. The molecule has 5 heteroatoms. The van der Waals surface area contributed by atoms with Crippen molar-refractivity contribution in [1.29, 1.82) is 0 Å². The number of nitrogens with one attached hydrogen (secondary N) is 2. The topological polar surface area (TPSA) is 62.0 Å². The molecule has 0 aliphatic heterocycles. The number of H-pyrrole nitrogens is 1. The van der Waals surface area contributed by atoms with Gasteiger partial charge in [0, 0.05) is 30.4 Å². The smallest absolute Gasteiger partial charge is 0.256 e. The van der Waals surface area contributed by atoms with Crippen molar-refractivity contribution in [2.45, 2.75) is 31.1 Å². The van der Waals surface area contributed by atoms with Gasteiger partial charge >= 0.3 is 0 Å². The zero-order valence-electron chi connectivity index (χ0n) is 10.1. The van der Waals surface area contributed by atoms with E-state index in [-0.39, 0.29) is 22.3 Å². The number of hydrogen-bond donors (Lipinski definition) is 2. The molecule has 2 N–H and O–H groups in total. The molecule has 0 spiro atoms. The predicted molar refractivity (Wildman–Crippen MR) is 71.0 cm³/mol. The third-order valence-corrected chi connectivity index (χ3v) is 3.74. The maximum absolute atomic E-state index is 11.8. The van der Waals surface area contributed by atoms with E-state index in [0.717, 1.165) is 25.7 Å². The molecular formula is C13H17ClN2O2. The van der Waals surface area contributed by atoms with Gasteiger partial charge in [0.15, 0.2) is 5.43 Å². The van der Waals surface area contributed by atoms with Gasteiger partial charge in [-0.25, -0.2) is 0 Å². The van der Waals surface area contributed by atoms with E-state index >= 15 is 0 Å². The summed E-state index contributed by atoms with van der Waals surface area (Å²) in [5.74, 6) is 0.113. The van der Waals surface area contributed by atoms with Gasteiger partial charge < -0.3 is 10.3 Å². The number of aromatic amines is 1. The number of pyridine rings is 1. The molecule has 18 heavy (non-hydrogen) atoms. The van der Waals surface area contributed by atoms with Crippen molar-refractivity contribution < 1.29 is 4.79 Å². The number of carbonyl (C=O) groups is 1. The number of aromatic nitrogens is 1. The average Bonchev–Trinajstić information content (AvgIpc) is 2.37. The van der Waals surface area contributed by atoms with Crippen molar-refractivity contribution in [2.75, 3.05) is 6.54 Å². The fourth-order valence-corrected chi connectivity index (χ4v) is 2.74. The Hall–Kier alpha value is -1.29. The van der Waals surface area contributed by atoms with E-state index in [1.165, 1.54) is 18.5 Å². The number of halogens is 1. The summed E-state index contributed by atoms with van der Waals surface area (Å²) in [4.78, 5) is 26.0. The van der Waals surface area contributed by atoms with Crippen LogP contribution in [0.5, 0.6) is 0 Å². The molecule has 1 aliphatic rings. The van der Waals surface area contributed by atoms with Crippen LogP contribution in [0, 0.1) is 5.92 Å². The molecule has 2 rings (SSSR count). The first kappa shape index (κ1) is 13.1. The molecule has 1 heterocycles. The monoisotopic (exact) mass is 268 g/mol. The largest absolute Gasteiger partial charge is 0.367 e. The second-order valence-corrected chi connectivity index (χ2v) is 5.38. The summed E-state index contributed by atoms with van der Waals surface area (Å²) in [5, 5.41) is 3.04. The summed E-state index contributed by atoms with van der Waals surface area (Å²) in [7, 11) is 0. The molecule has 1 amide bonds. The minimum absolute atomic E-state index is 0.163. The van der Waals surface area contributed by atoms with Crippen LogP contribution in [0.2, 0.25) is 0 Å². The number of alkyl halides is 1. The highest BCUT2D eigenvalue weighted by atomic mass is 35.5. The van der Waals surface area contributed by atoms with Gasteiger partial charge in [-0.2, -0.15) is 0 Å². The molecule has 1 fully saturated rings. The van der Waals surface area contributed by atoms with Crippen molar-refractivity contribution in [2.24, 2.45) is 5.92 Å². The number of hydrogen-bond acceptors (Lipinski definition) is 2. The van der Waals surface area contributed by atoms with E-state index in [2.05, 4.69) is 10.3 Å². The summed E-state index contributed by atoms with van der Waals surface area (Å²) < 4.78 is 0. The van der Waals surface area contributed by atoms with Crippen LogP contribution < -0.4 is 10.7 Å². The van der Waals surface area contributed by atoms with Crippen LogP contribution in [0.3, 0.4) is 0 Å². The quantitative estimate of drug-likeness (QED) is 0.823. The summed E-state index contributed by atoms with van der Waals surface area (Å²) >= 11 is 6.10. The standard InChI is InChI=1S/C13H17ClN2O2/c14-10-3-1-2-9(6-10)7-16-13(18)11-8-15-5-4-12(11)17/h4-5,8-10H,1-3,6-7H2,(H,15,17)(H,16,18). The lowest BCUT2D eigenvalue weighted by Crippen LogP contribution is -2.34. The van der Waals surface area contributed by atoms with Gasteiger partial charge in [0.25, 0.3) is 5.91 Å². The van der Waals surface area contributed by atoms with Gasteiger partial charge in [0.1, 0.15) is 5.56 Å². The molecule has 2 unspecified atom stereocenters. The molecule has 1 aromatic rings. The molecule has 0 bridgehead atoms. The van der Waals surface area contributed by atoms with Crippen LogP contribution in [-0.4, -0.2) is 22.8 Å². The van der Waals surface area contributed by atoms with Crippen molar-refractivity contribution in [3.63, 3.8) is 0 Å². The van der Waals surface area contributed by atoms with Crippen LogP contribution >= 0.6 is 11.6 Å². The lowest BCUT2D eigenvalue weighted by Gasteiger charge is -2.25. The van der Waals surface area contributed by atoms with Gasteiger partial charge in [-0.05, 0) is 25.2 Å². The Kier molecular flexibility index (Phi) is 4.42. The fourth-order valence-electron chi connectivity index (χ4n) is 2.34. The normalized spacial score (nSPS) is 23.6. The highest BCUT2D eigenvalue weighted by molar-refractivity contribution is 6.20. The summed E-state index contributed by atoms with van der Waals surface area (Å²) in [5.41, 5.74) is -0.0964. The van der Waals surface area contributed by atoms with Crippen LogP contribution in [0.15, 0.2) is 23.3 Å². The predicted octanol–water partition coefficient (Wildman–Crippen LogP) is 1.90. The maximum atomic E-state index is 11.8. The maximum Gasteiger partial charge on any atom is 0.256 e. The SMILES string of the molecule is O=C(NCC1CCCC(Cl)C1)c1c[nH]ccc1=O. The molecule has 0 aromatic carbocycles. The Morgan fingerprint density at radius 2 is 2.33 bits per heavy atom. The van der Waals surface area contributed by atoms with E-state index in [0.29, 0.717) is 12.5 Å². The summed E-state index contributed by atoms with van der Waals surface area (Å²) in [6, 6.07) is 1.35. The minimum Gasteiger partial charge on any atom is -0.367 e. The first-order valence-corrected chi connectivity index (χ1v) is 6.70. The van der Waals surface area contributed by atoms with Crippen molar-refractivity contribution in [3.8, 4) is 0 Å². The van der Waals surface area contributed by atoms with Gasteiger partial charge in [-0.15, -0.1) is 11.6 Å². The second-order valence-electron chi connectivity index (χ2n) is 4.76. The number of carbonyl (C=O) groups excluding carboxylic acids is 1. The zero-order valence-corrected chi connectivity index (χ0v) is 10.9. The number of rotatable bonds is 3. The van der Waals surface area contributed by atoms with Crippen LogP contribution in [0.4, 0.5) is 0 Å². The molecular weight excluding hydrogens is 252 g/mol. The van der Waals surface area contributed by atoms with Gasteiger partial charge in [-0.3, -0.25) is 9.59 Å². The molecule has 0 radical (unpaired) electrons. The van der Waals surface area contributed by atoms with Crippen molar-refractivity contribution >= 4 is 17.5 Å². The lowest BCUT2D eigenvalue weighted by molar-refractivity contribution is 0.0942. The fraction of sp³-hybridized carbons (Fsp3) is 0.538. The minimum atomic E-state index is -0.312. The summed E-state index contributed by atoms with van der Waals surface area (Å²) in [6.45, 7) is 0.594. The van der Waals surface area contributed by atoms with E-state index < -0.39 is 0 Å². The van der Waals surface area contributed by atoms with Crippen LogP contribution in [0.25, 0.3) is 0 Å². The van der Waals surface area contributed by atoms with E-state index in [1.807, 2.05) is 0 Å². The van der Waals surface area contributed by atoms with E-state index in [1.54, 1.807) is 0 Å². The Bertz CT molecular complexity index is 472. The van der Waals surface area contributed by atoms with Gasteiger partial charge in [-0.1, -0.05) is 6.42 Å². The van der Waals surface area contributed by atoms with Gasteiger partial charge in [0.2, 0.25) is 0 Å². The first-order valence-electron chi connectivity index (χ1n) is 6.26. The third kappa shape index (κ3) is 3.35. The van der Waals surface area contributed by atoms with Crippen LogP contribution in [-0.2, 0) is 0 Å². The summed E-state index contributed by atoms with van der Waals surface area (Å²) in [6.07, 6.45) is 7.15. The molecule has 1 aromatic heterocycles. The Morgan fingerprint density at radius 3 is 3.06 bits per heavy atom. The highest BCUT2D eigenvalue weighted by Gasteiger charge is 2.21. The Morgan fingerprint density at radius 1 is 1.50 bits per heavy atom. The van der Waals surface area contributed by atoms with Gasteiger partial charge in [0.05, 0.1) is 0 Å². The molecule has 98 valence electrons. The van der Waals surface area contributed by atoms with Crippen molar-refractivity contribution in [1.82, 2.24) is 10.3 Å². The highest BCUT2D eigenvalue weighted by Crippen LogP contribution is 2.27. The molecule has 1 saturated carbocycles. The van der Waals surface area contributed by atoms with E-state index in [9.17, 15) is 9.59 Å². The molecule has 4 nitrogen and oxygen atoms in total.